The average Bonchev–Trinajstić information content (AvgIpc) is 3.02. The maximum absolute atomic E-state index is 12.3. The minimum atomic E-state index is 0.0278. The lowest BCUT2D eigenvalue weighted by molar-refractivity contribution is -0.120. The van der Waals surface area contributed by atoms with Crippen molar-refractivity contribution in [2.75, 3.05) is 5.32 Å². The van der Waals surface area contributed by atoms with Crippen molar-refractivity contribution in [3.05, 3.63) is 26.7 Å². The Morgan fingerprint density at radius 2 is 2.11 bits per heavy atom. The monoisotopic (exact) mass is 362 g/mol. The molecule has 2 N–H and O–H groups in total. The lowest BCUT2D eigenvalue weighted by Gasteiger charge is -2.20. The van der Waals surface area contributed by atoms with Crippen molar-refractivity contribution in [1.29, 1.82) is 0 Å². The second-order valence-corrected chi connectivity index (χ2v) is 6.71. The number of benzene rings is 1. The Balaban J connectivity index is 1.75. The molecular weight excluding hydrogens is 351 g/mol. The van der Waals surface area contributed by atoms with Crippen LogP contribution in [-0.2, 0) is 4.79 Å². The van der Waals surface area contributed by atoms with Crippen LogP contribution in [0.15, 0.2) is 16.6 Å². The zero-order chi connectivity index (χ0) is 13.6. The van der Waals surface area contributed by atoms with E-state index in [0.29, 0.717) is 27.8 Å². The van der Waals surface area contributed by atoms with Crippen molar-refractivity contribution in [2.45, 2.75) is 31.3 Å². The third-order valence-corrected chi connectivity index (χ3v) is 5.70. The number of nitrogens with one attached hydrogen (secondary N) is 2. The van der Waals surface area contributed by atoms with Gasteiger partial charge in [0.15, 0.2) is 0 Å². The SMILES string of the molecule is O=C(Nc1ccc(Br)c(Cl)c1Cl)C1CC2CCC1N2. The molecule has 3 unspecified atom stereocenters. The van der Waals surface area contributed by atoms with Crippen LogP contribution in [-0.4, -0.2) is 18.0 Å². The van der Waals surface area contributed by atoms with E-state index in [1.165, 1.54) is 6.42 Å². The molecule has 102 valence electrons. The van der Waals surface area contributed by atoms with E-state index < -0.39 is 0 Å². The second-order valence-electron chi connectivity index (χ2n) is 5.10. The molecule has 3 nitrogen and oxygen atoms in total. The third kappa shape index (κ3) is 2.51. The predicted molar refractivity (Wildman–Crippen MR) is 80.8 cm³/mol. The normalized spacial score (nSPS) is 28.7. The highest BCUT2D eigenvalue weighted by Gasteiger charge is 2.42. The van der Waals surface area contributed by atoms with Crippen molar-refractivity contribution in [3.8, 4) is 0 Å². The third-order valence-electron chi connectivity index (χ3n) is 3.93. The van der Waals surface area contributed by atoms with Gasteiger partial charge in [-0.15, -0.1) is 0 Å². The predicted octanol–water partition coefficient (Wildman–Crippen LogP) is 3.83. The summed E-state index contributed by atoms with van der Waals surface area (Å²) in [5.74, 6) is 0.0669. The highest BCUT2D eigenvalue weighted by atomic mass is 79.9. The Hall–Kier alpha value is -0.290. The highest BCUT2D eigenvalue weighted by molar-refractivity contribution is 9.10. The van der Waals surface area contributed by atoms with Crippen LogP contribution in [0.5, 0.6) is 0 Å². The molecule has 3 rings (SSSR count). The summed E-state index contributed by atoms with van der Waals surface area (Å²) in [7, 11) is 0. The number of fused-ring (bicyclic) bond motifs is 2. The van der Waals surface area contributed by atoms with Gasteiger partial charge in [0.2, 0.25) is 5.91 Å². The number of hydrogen-bond acceptors (Lipinski definition) is 2. The minimum absolute atomic E-state index is 0.0278. The zero-order valence-corrected chi connectivity index (χ0v) is 13.1. The Bertz CT molecular complexity index is 538. The summed E-state index contributed by atoms with van der Waals surface area (Å²) < 4.78 is 0.721. The molecular formula is C13H13BrCl2N2O. The van der Waals surface area contributed by atoms with Gasteiger partial charge in [0.05, 0.1) is 21.7 Å². The number of rotatable bonds is 2. The standard InChI is InChI=1S/C13H13BrCl2N2O/c14-8-2-4-10(12(16)11(8)15)18-13(19)7-5-6-1-3-9(7)17-6/h2,4,6-7,9,17H,1,3,5H2,(H,18,19). The van der Waals surface area contributed by atoms with Gasteiger partial charge in [-0.1, -0.05) is 23.2 Å². The second kappa shape index (κ2) is 5.24. The van der Waals surface area contributed by atoms with E-state index in [9.17, 15) is 4.79 Å². The molecule has 2 heterocycles. The summed E-state index contributed by atoms with van der Waals surface area (Å²) in [6.45, 7) is 0. The number of anilines is 1. The van der Waals surface area contributed by atoms with Crippen LogP contribution in [0.1, 0.15) is 19.3 Å². The molecule has 0 saturated carbocycles. The molecule has 1 aromatic carbocycles. The average molecular weight is 364 g/mol. The fourth-order valence-electron chi connectivity index (χ4n) is 2.96. The Kier molecular flexibility index (Phi) is 3.78. The van der Waals surface area contributed by atoms with Gasteiger partial charge >= 0.3 is 0 Å². The van der Waals surface area contributed by atoms with Crippen molar-refractivity contribution in [1.82, 2.24) is 5.32 Å². The zero-order valence-electron chi connectivity index (χ0n) is 10.1. The van der Waals surface area contributed by atoms with E-state index in [-0.39, 0.29) is 11.8 Å². The van der Waals surface area contributed by atoms with E-state index in [2.05, 4.69) is 26.6 Å². The molecule has 3 atom stereocenters. The molecule has 2 bridgehead atoms. The largest absolute Gasteiger partial charge is 0.324 e. The van der Waals surface area contributed by atoms with Crippen molar-refractivity contribution in [2.24, 2.45) is 5.92 Å². The summed E-state index contributed by atoms with van der Waals surface area (Å²) in [5, 5.41) is 7.14. The van der Waals surface area contributed by atoms with E-state index >= 15 is 0 Å². The summed E-state index contributed by atoms with van der Waals surface area (Å²) in [6, 6.07) is 4.36. The highest BCUT2D eigenvalue weighted by Crippen LogP contribution is 2.38. The van der Waals surface area contributed by atoms with E-state index in [1.54, 1.807) is 12.1 Å². The maximum Gasteiger partial charge on any atom is 0.229 e. The Morgan fingerprint density at radius 3 is 2.74 bits per heavy atom. The summed E-state index contributed by atoms with van der Waals surface area (Å²) in [5.41, 5.74) is 0.572. The van der Waals surface area contributed by atoms with Gasteiger partial charge in [-0.25, -0.2) is 0 Å². The fourth-order valence-corrected chi connectivity index (χ4v) is 3.78. The molecule has 1 aromatic rings. The van der Waals surface area contributed by atoms with E-state index in [1.807, 2.05) is 0 Å². The Morgan fingerprint density at radius 1 is 1.32 bits per heavy atom. The number of amides is 1. The first-order valence-electron chi connectivity index (χ1n) is 6.26. The first kappa shape index (κ1) is 13.7. The summed E-state index contributed by atoms with van der Waals surface area (Å²) >= 11 is 15.5. The molecule has 2 aliphatic heterocycles. The lowest BCUT2D eigenvalue weighted by atomic mass is 9.88. The van der Waals surface area contributed by atoms with E-state index in [4.69, 9.17) is 23.2 Å². The number of hydrogen-bond donors (Lipinski definition) is 2. The molecule has 6 heteroatoms. The number of carbonyl (C=O) groups excluding carboxylic acids is 1. The number of carbonyl (C=O) groups is 1. The lowest BCUT2D eigenvalue weighted by Crippen LogP contribution is -2.32. The van der Waals surface area contributed by atoms with Crippen LogP contribution in [0.2, 0.25) is 10.0 Å². The maximum atomic E-state index is 12.3. The first-order valence-corrected chi connectivity index (χ1v) is 7.81. The van der Waals surface area contributed by atoms with Crippen LogP contribution < -0.4 is 10.6 Å². The minimum Gasteiger partial charge on any atom is -0.324 e. The summed E-state index contributed by atoms with van der Waals surface area (Å²) in [6.07, 6.45) is 3.18. The van der Waals surface area contributed by atoms with Gasteiger partial charge in [-0.05, 0) is 47.3 Å². The van der Waals surface area contributed by atoms with Gasteiger partial charge in [0.25, 0.3) is 0 Å². The molecule has 2 aliphatic rings. The smallest absolute Gasteiger partial charge is 0.229 e. The van der Waals surface area contributed by atoms with Crippen molar-refractivity contribution in [3.63, 3.8) is 0 Å². The molecule has 0 aromatic heterocycles. The van der Waals surface area contributed by atoms with Crippen LogP contribution in [0, 0.1) is 5.92 Å². The van der Waals surface area contributed by atoms with Gasteiger partial charge in [-0.3, -0.25) is 4.79 Å². The van der Waals surface area contributed by atoms with Crippen molar-refractivity contribution < 1.29 is 4.79 Å². The first-order chi connectivity index (χ1) is 9.06. The summed E-state index contributed by atoms with van der Waals surface area (Å²) in [4.78, 5) is 12.3. The van der Waals surface area contributed by atoms with Crippen LogP contribution in [0.3, 0.4) is 0 Å². The van der Waals surface area contributed by atoms with Crippen LogP contribution in [0.25, 0.3) is 0 Å². The molecule has 0 radical (unpaired) electrons. The fraction of sp³-hybridized carbons (Fsp3) is 0.462. The molecule has 19 heavy (non-hydrogen) atoms. The number of halogens is 3. The molecule has 2 fully saturated rings. The molecule has 0 aliphatic carbocycles. The molecule has 0 spiro atoms. The van der Waals surface area contributed by atoms with Gasteiger partial charge in [-0.2, -0.15) is 0 Å². The molecule has 1 amide bonds. The van der Waals surface area contributed by atoms with E-state index in [0.717, 1.165) is 17.3 Å². The van der Waals surface area contributed by atoms with Crippen molar-refractivity contribution >= 4 is 50.7 Å². The quantitative estimate of drug-likeness (QED) is 0.784. The molecule has 2 saturated heterocycles. The Labute approximate surface area is 130 Å². The van der Waals surface area contributed by atoms with Gasteiger partial charge in [0.1, 0.15) is 0 Å². The topological polar surface area (TPSA) is 41.1 Å². The van der Waals surface area contributed by atoms with Crippen LogP contribution >= 0.6 is 39.1 Å². The van der Waals surface area contributed by atoms with Crippen LogP contribution in [0.4, 0.5) is 5.69 Å². The van der Waals surface area contributed by atoms with Gasteiger partial charge in [0, 0.05) is 16.6 Å². The van der Waals surface area contributed by atoms with Gasteiger partial charge < -0.3 is 10.6 Å².